The molecular formula is C23H31N3O3. The summed E-state index contributed by atoms with van der Waals surface area (Å²) in [5.41, 5.74) is 7.30. The molecule has 0 aliphatic heterocycles. The highest BCUT2D eigenvalue weighted by Crippen LogP contribution is 2.28. The fourth-order valence-corrected chi connectivity index (χ4v) is 2.79. The molecule has 2 rings (SSSR count). The van der Waals surface area contributed by atoms with Crippen LogP contribution in [-0.2, 0) is 4.79 Å². The van der Waals surface area contributed by atoms with Crippen molar-refractivity contribution in [3.8, 4) is 11.5 Å². The maximum absolute atomic E-state index is 12.2. The Morgan fingerprint density at radius 1 is 1.00 bits per heavy atom. The molecular weight excluding hydrogens is 366 g/mol. The first-order chi connectivity index (χ1) is 14.0. The van der Waals surface area contributed by atoms with Gasteiger partial charge in [-0.3, -0.25) is 10.2 Å². The zero-order valence-corrected chi connectivity index (χ0v) is 18.0. The molecule has 0 radical (unpaired) electrons. The number of nitrogens with one attached hydrogen (secondary N) is 1. The molecule has 2 aromatic carbocycles. The van der Waals surface area contributed by atoms with Gasteiger partial charge in [-0.1, -0.05) is 6.07 Å². The minimum absolute atomic E-state index is 0.0104. The predicted octanol–water partition coefficient (Wildman–Crippen LogP) is 4.40. The first-order valence-corrected chi connectivity index (χ1v) is 10.0. The Morgan fingerprint density at radius 2 is 1.76 bits per heavy atom. The molecule has 1 amide bonds. The minimum atomic E-state index is -0.0410. The zero-order chi connectivity index (χ0) is 21.2. The fourth-order valence-electron chi connectivity index (χ4n) is 2.79. The molecule has 1 N–H and O–H groups in total. The molecule has 156 valence electrons. The van der Waals surface area contributed by atoms with Gasteiger partial charge in [0, 0.05) is 13.1 Å². The van der Waals surface area contributed by atoms with Crippen molar-refractivity contribution in [3.05, 3.63) is 53.1 Å². The SMILES string of the molecule is CCOc1cc(/C=N/Nc2ccc(C)c(C)c2)ccc1OCC(=O)N(CC)CC. The van der Waals surface area contributed by atoms with Crippen LogP contribution in [0.4, 0.5) is 5.69 Å². The van der Waals surface area contributed by atoms with E-state index in [2.05, 4.69) is 36.5 Å². The van der Waals surface area contributed by atoms with Crippen molar-refractivity contribution in [2.45, 2.75) is 34.6 Å². The summed E-state index contributed by atoms with van der Waals surface area (Å²) in [7, 11) is 0. The van der Waals surface area contributed by atoms with Gasteiger partial charge >= 0.3 is 0 Å². The molecule has 29 heavy (non-hydrogen) atoms. The van der Waals surface area contributed by atoms with E-state index in [1.54, 1.807) is 17.2 Å². The molecule has 0 atom stereocenters. The van der Waals surface area contributed by atoms with Crippen molar-refractivity contribution < 1.29 is 14.3 Å². The lowest BCUT2D eigenvalue weighted by Crippen LogP contribution is -2.34. The van der Waals surface area contributed by atoms with Crippen molar-refractivity contribution in [1.29, 1.82) is 0 Å². The van der Waals surface area contributed by atoms with E-state index in [0.29, 0.717) is 31.2 Å². The van der Waals surface area contributed by atoms with E-state index in [-0.39, 0.29) is 12.5 Å². The third-order valence-corrected chi connectivity index (χ3v) is 4.65. The number of benzene rings is 2. The molecule has 0 saturated heterocycles. The number of carbonyl (C=O) groups excluding carboxylic acids is 1. The first-order valence-electron chi connectivity index (χ1n) is 10.0. The van der Waals surface area contributed by atoms with E-state index in [9.17, 15) is 4.79 Å². The smallest absolute Gasteiger partial charge is 0.260 e. The van der Waals surface area contributed by atoms with Gasteiger partial charge in [0.2, 0.25) is 0 Å². The third kappa shape index (κ3) is 6.52. The lowest BCUT2D eigenvalue weighted by atomic mass is 10.1. The number of aryl methyl sites for hydroxylation is 2. The van der Waals surface area contributed by atoms with Crippen LogP contribution in [0.5, 0.6) is 11.5 Å². The van der Waals surface area contributed by atoms with Gasteiger partial charge in [0.1, 0.15) is 0 Å². The number of hydrazone groups is 1. The third-order valence-electron chi connectivity index (χ3n) is 4.65. The summed E-state index contributed by atoms with van der Waals surface area (Å²) in [4.78, 5) is 13.9. The number of hydrogen-bond donors (Lipinski definition) is 1. The molecule has 2 aromatic rings. The van der Waals surface area contributed by atoms with Gasteiger partial charge in [0.25, 0.3) is 5.91 Å². The molecule has 6 heteroatoms. The van der Waals surface area contributed by atoms with Crippen LogP contribution in [0.15, 0.2) is 41.5 Å². The normalized spacial score (nSPS) is 10.8. The van der Waals surface area contributed by atoms with Crippen LogP contribution in [-0.4, -0.2) is 43.3 Å². The van der Waals surface area contributed by atoms with E-state index >= 15 is 0 Å². The predicted molar refractivity (Wildman–Crippen MR) is 118 cm³/mol. The summed E-state index contributed by atoms with van der Waals surface area (Å²) in [6.07, 6.45) is 1.72. The van der Waals surface area contributed by atoms with Crippen LogP contribution in [0.2, 0.25) is 0 Å². The van der Waals surface area contributed by atoms with Crippen molar-refractivity contribution in [2.75, 3.05) is 31.7 Å². The van der Waals surface area contributed by atoms with Crippen molar-refractivity contribution >= 4 is 17.8 Å². The summed E-state index contributed by atoms with van der Waals surface area (Å²) >= 11 is 0. The average molecular weight is 398 g/mol. The Kier molecular flexibility index (Phi) is 8.52. The summed E-state index contributed by atoms with van der Waals surface area (Å²) in [5, 5.41) is 4.30. The van der Waals surface area contributed by atoms with Crippen LogP contribution < -0.4 is 14.9 Å². The van der Waals surface area contributed by atoms with Gasteiger partial charge in [-0.15, -0.1) is 0 Å². The van der Waals surface area contributed by atoms with Crippen molar-refractivity contribution in [1.82, 2.24) is 4.90 Å². The quantitative estimate of drug-likeness (QED) is 0.477. The molecule has 0 bridgehead atoms. The maximum Gasteiger partial charge on any atom is 0.260 e. The fraction of sp³-hybridized carbons (Fsp3) is 0.391. The molecule has 0 spiro atoms. The first kappa shape index (κ1) is 22.3. The molecule has 0 saturated carbocycles. The number of likely N-dealkylation sites (N-methyl/N-ethyl adjacent to an activating group) is 1. The number of anilines is 1. The van der Waals surface area contributed by atoms with Crippen LogP contribution in [0.25, 0.3) is 0 Å². The van der Waals surface area contributed by atoms with E-state index in [1.807, 2.05) is 39.0 Å². The van der Waals surface area contributed by atoms with Crippen molar-refractivity contribution in [2.24, 2.45) is 5.10 Å². The topological polar surface area (TPSA) is 63.2 Å². The number of nitrogens with zero attached hydrogens (tertiary/aromatic N) is 2. The van der Waals surface area contributed by atoms with Gasteiger partial charge in [-0.25, -0.2) is 0 Å². The molecule has 0 fully saturated rings. The summed E-state index contributed by atoms with van der Waals surface area (Å²) in [6.45, 7) is 11.8. The van der Waals surface area contributed by atoms with Gasteiger partial charge < -0.3 is 14.4 Å². The molecule has 0 aliphatic rings. The summed E-state index contributed by atoms with van der Waals surface area (Å²) in [6, 6.07) is 11.7. The number of ether oxygens (including phenoxy) is 2. The molecule has 0 aliphatic carbocycles. The van der Waals surface area contributed by atoms with Gasteiger partial charge in [-0.05, 0) is 81.6 Å². The Labute approximate surface area is 173 Å². The number of amides is 1. The molecule has 0 heterocycles. The van der Waals surface area contributed by atoms with Crippen LogP contribution in [0.1, 0.15) is 37.5 Å². The monoisotopic (exact) mass is 397 g/mol. The van der Waals surface area contributed by atoms with Gasteiger partial charge in [0.15, 0.2) is 18.1 Å². The van der Waals surface area contributed by atoms with Gasteiger partial charge in [0.05, 0.1) is 18.5 Å². The van der Waals surface area contributed by atoms with Crippen LogP contribution in [0.3, 0.4) is 0 Å². The Hall–Kier alpha value is -3.02. The Bertz CT molecular complexity index is 845. The van der Waals surface area contributed by atoms with E-state index in [1.165, 1.54) is 11.1 Å². The lowest BCUT2D eigenvalue weighted by molar-refractivity contribution is -0.132. The second kappa shape index (κ2) is 11.1. The van der Waals surface area contributed by atoms with Crippen LogP contribution >= 0.6 is 0 Å². The summed E-state index contributed by atoms with van der Waals surface area (Å²) in [5.74, 6) is 1.10. The number of hydrogen-bond acceptors (Lipinski definition) is 5. The van der Waals surface area contributed by atoms with Crippen molar-refractivity contribution in [3.63, 3.8) is 0 Å². The molecule has 0 unspecified atom stereocenters. The minimum Gasteiger partial charge on any atom is -0.490 e. The Balaban J connectivity index is 2.05. The standard InChI is InChI=1S/C23H31N3O3/c1-6-26(7-2)23(27)16-29-21-12-10-19(14-22(21)28-8-3)15-24-25-20-11-9-17(4)18(5)13-20/h9-15,25H,6-8,16H2,1-5H3/b24-15+. The highest BCUT2D eigenvalue weighted by Gasteiger charge is 2.12. The highest BCUT2D eigenvalue weighted by molar-refractivity contribution is 5.82. The second-order valence-corrected chi connectivity index (χ2v) is 6.66. The van der Waals surface area contributed by atoms with Crippen LogP contribution in [0, 0.1) is 13.8 Å². The largest absolute Gasteiger partial charge is 0.490 e. The summed E-state index contributed by atoms with van der Waals surface area (Å²) < 4.78 is 11.4. The molecule has 0 aromatic heterocycles. The second-order valence-electron chi connectivity index (χ2n) is 6.66. The number of rotatable bonds is 10. The van der Waals surface area contributed by atoms with E-state index in [0.717, 1.165) is 11.3 Å². The number of carbonyl (C=O) groups is 1. The zero-order valence-electron chi connectivity index (χ0n) is 18.0. The lowest BCUT2D eigenvalue weighted by Gasteiger charge is -2.19. The maximum atomic E-state index is 12.2. The highest BCUT2D eigenvalue weighted by atomic mass is 16.5. The van der Waals surface area contributed by atoms with Gasteiger partial charge in [-0.2, -0.15) is 5.10 Å². The molecule has 6 nitrogen and oxygen atoms in total. The van der Waals surface area contributed by atoms with E-state index in [4.69, 9.17) is 9.47 Å². The van der Waals surface area contributed by atoms with E-state index < -0.39 is 0 Å². The Morgan fingerprint density at radius 3 is 2.41 bits per heavy atom. The average Bonchev–Trinajstić information content (AvgIpc) is 2.71.